The van der Waals surface area contributed by atoms with Gasteiger partial charge in [0, 0.05) is 11.6 Å². The first-order valence-electron chi connectivity index (χ1n) is 6.28. The lowest BCUT2D eigenvalue weighted by Gasteiger charge is -1.95. The molecule has 4 nitrogen and oxygen atoms in total. The second-order valence-electron chi connectivity index (χ2n) is 4.57. The Morgan fingerprint density at radius 1 is 1.10 bits per heavy atom. The topological polar surface area (TPSA) is 47.5 Å². The van der Waals surface area contributed by atoms with Crippen molar-refractivity contribution in [3.8, 4) is 0 Å². The Kier molecular flexibility index (Phi) is 2.23. The molecule has 0 spiro atoms. The van der Waals surface area contributed by atoms with Gasteiger partial charge in [0.2, 0.25) is 5.78 Å². The molecule has 4 heteroatoms. The van der Waals surface area contributed by atoms with Crippen molar-refractivity contribution in [3.05, 3.63) is 72.2 Å². The molecule has 0 bridgehead atoms. The molecule has 0 saturated carbocycles. The highest BCUT2D eigenvalue weighted by molar-refractivity contribution is 6.12. The number of para-hydroxylation sites is 1. The number of hydrogen-bond acceptors (Lipinski definition) is 3. The third-order valence-electron chi connectivity index (χ3n) is 3.32. The van der Waals surface area contributed by atoms with Crippen LogP contribution in [0.4, 0.5) is 0 Å². The maximum atomic E-state index is 12.5. The lowest BCUT2D eigenvalue weighted by molar-refractivity contribution is 0.101. The van der Waals surface area contributed by atoms with E-state index in [9.17, 15) is 4.79 Å². The maximum absolute atomic E-state index is 12.5. The average Bonchev–Trinajstić information content (AvgIpc) is 3.10. The van der Waals surface area contributed by atoms with Crippen molar-refractivity contribution in [3.63, 3.8) is 0 Å². The Morgan fingerprint density at radius 2 is 1.95 bits per heavy atom. The molecule has 3 aromatic heterocycles. The molecule has 4 rings (SSSR count). The maximum Gasteiger partial charge on any atom is 0.232 e. The molecule has 0 unspecified atom stereocenters. The van der Waals surface area contributed by atoms with E-state index in [0.717, 1.165) is 10.9 Å². The fourth-order valence-electron chi connectivity index (χ4n) is 2.34. The Hall–Kier alpha value is -2.88. The summed E-state index contributed by atoms with van der Waals surface area (Å²) in [5, 5.41) is 5.10. The van der Waals surface area contributed by atoms with Crippen molar-refractivity contribution in [1.29, 1.82) is 0 Å². The molecule has 0 amide bonds. The summed E-state index contributed by atoms with van der Waals surface area (Å²) in [7, 11) is 0. The van der Waals surface area contributed by atoms with Gasteiger partial charge < -0.3 is 4.42 Å². The van der Waals surface area contributed by atoms with Crippen molar-refractivity contribution >= 4 is 22.3 Å². The van der Waals surface area contributed by atoms with Gasteiger partial charge in [0.1, 0.15) is 5.58 Å². The third-order valence-corrected chi connectivity index (χ3v) is 3.32. The van der Waals surface area contributed by atoms with E-state index in [-0.39, 0.29) is 5.78 Å². The van der Waals surface area contributed by atoms with E-state index in [1.807, 2.05) is 48.7 Å². The van der Waals surface area contributed by atoms with E-state index >= 15 is 0 Å². The molecule has 0 radical (unpaired) electrons. The van der Waals surface area contributed by atoms with Gasteiger partial charge in [-0.15, -0.1) is 0 Å². The van der Waals surface area contributed by atoms with Crippen LogP contribution in [0.2, 0.25) is 0 Å². The highest BCUT2D eigenvalue weighted by Crippen LogP contribution is 2.22. The summed E-state index contributed by atoms with van der Waals surface area (Å²) in [5.74, 6) is 0.187. The van der Waals surface area contributed by atoms with E-state index in [0.29, 0.717) is 16.9 Å². The number of carbonyl (C=O) groups is 1. The van der Waals surface area contributed by atoms with Crippen LogP contribution in [0.5, 0.6) is 0 Å². The number of benzene rings is 1. The number of rotatable bonds is 2. The lowest BCUT2D eigenvalue weighted by atomic mass is 10.1. The summed E-state index contributed by atoms with van der Waals surface area (Å²) in [6.07, 6.45) is 3.38. The molecule has 1 aromatic carbocycles. The molecule has 0 aliphatic rings. The molecule has 0 saturated heterocycles. The number of fused-ring (bicyclic) bond motifs is 2. The largest absolute Gasteiger partial charge is 0.453 e. The Labute approximate surface area is 114 Å². The van der Waals surface area contributed by atoms with Crippen LogP contribution in [0.3, 0.4) is 0 Å². The van der Waals surface area contributed by atoms with Crippen molar-refractivity contribution in [2.45, 2.75) is 0 Å². The first kappa shape index (κ1) is 11.0. The Bertz CT molecular complexity index is 901. The minimum atomic E-state index is -0.151. The summed E-state index contributed by atoms with van der Waals surface area (Å²) in [6, 6.07) is 15.0. The van der Waals surface area contributed by atoms with Gasteiger partial charge in [-0.2, -0.15) is 5.10 Å². The molecular weight excluding hydrogens is 252 g/mol. The van der Waals surface area contributed by atoms with Gasteiger partial charge in [0.25, 0.3) is 0 Å². The zero-order valence-electron chi connectivity index (χ0n) is 10.5. The van der Waals surface area contributed by atoms with Gasteiger partial charge in [-0.05, 0) is 24.3 Å². The number of hydrogen-bond donors (Lipinski definition) is 0. The molecule has 96 valence electrons. The normalized spacial score (nSPS) is 11.2. The second-order valence-corrected chi connectivity index (χ2v) is 4.57. The third kappa shape index (κ3) is 1.55. The van der Waals surface area contributed by atoms with Crippen molar-refractivity contribution in [1.82, 2.24) is 9.61 Å². The predicted octanol–water partition coefficient (Wildman–Crippen LogP) is 3.31. The summed E-state index contributed by atoms with van der Waals surface area (Å²) in [4.78, 5) is 12.5. The standard InChI is InChI=1S/C16H10N2O2/c19-16(12-10-17-18-8-4-3-6-13(12)18)15-9-11-5-1-2-7-14(11)20-15/h1-10H. The number of ketones is 1. The molecule has 0 fully saturated rings. The first-order valence-corrected chi connectivity index (χ1v) is 6.28. The van der Waals surface area contributed by atoms with Gasteiger partial charge in [0.15, 0.2) is 5.76 Å². The number of carbonyl (C=O) groups excluding carboxylic acids is 1. The molecule has 0 aliphatic heterocycles. The zero-order valence-corrected chi connectivity index (χ0v) is 10.5. The van der Waals surface area contributed by atoms with E-state index in [2.05, 4.69) is 5.10 Å². The highest BCUT2D eigenvalue weighted by Gasteiger charge is 2.18. The SMILES string of the molecule is O=C(c1cc2ccccc2o1)c1cnn2ccccc12. The molecule has 0 N–H and O–H groups in total. The van der Waals surface area contributed by atoms with Crippen molar-refractivity contribution in [2.75, 3.05) is 0 Å². The summed E-state index contributed by atoms with van der Waals surface area (Å²) < 4.78 is 7.29. The Morgan fingerprint density at radius 3 is 2.85 bits per heavy atom. The fourth-order valence-corrected chi connectivity index (χ4v) is 2.34. The first-order chi connectivity index (χ1) is 9.83. The smallest absolute Gasteiger partial charge is 0.232 e. The van der Waals surface area contributed by atoms with E-state index < -0.39 is 0 Å². The molecular formula is C16H10N2O2. The number of nitrogens with zero attached hydrogens (tertiary/aromatic N) is 2. The van der Waals surface area contributed by atoms with E-state index in [1.165, 1.54) is 0 Å². The molecule has 4 aromatic rings. The van der Waals surface area contributed by atoms with Crippen LogP contribution in [0.15, 0.2) is 65.3 Å². The van der Waals surface area contributed by atoms with Crippen LogP contribution in [0, 0.1) is 0 Å². The summed E-state index contributed by atoms with van der Waals surface area (Å²) in [6.45, 7) is 0. The second kappa shape index (κ2) is 4.06. The molecule has 0 aliphatic carbocycles. The van der Waals surface area contributed by atoms with Gasteiger partial charge in [-0.3, -0.25) is 4.79 Å². The molecule has 3 heterocycles. The summed E-state index contributed by atoms with van der Waals surface area (Å²) >= 11 is 0. The number of pyridine rings is 1. The molecule has 20 heavy (non-hydrogen) atoms. The van der Waals surface area contributed by atoms with Gasteiger partial charge in [-0.1, -0.05) is 24.3 Å². The average molecular weight is 262 g/mol. The fraction of sp³-hybridized carbons (Fsp3) is 0. The number of aromatic nitrogens is 2. The quantitative estimate of drug-likeness (QED) is 0.521. The summed E-state index contributed by atoms with van der Waals surface area (Å²) in [5.41, 5.74) is 2.04. The van der Waals surface area contributed by atoms with Crippen LogP contribution in [0.25, 0.3) is 16.5 Å². The minimum absolute atomic E-state index is 0.151. The zero-order chi connectivity index (χ0) is 13.5. The van der Waals surface area contributed by atoms with Gasteiger partial charge in [0.05, 0.1) is 17.3 Å². The van der Waals surface area contributed by atoms with Gasteiger partial charge >= 0.3 is 0 Å². The van der Waals surface area contributed by atoms with E-state index in [1.54, 1.807) is 16.8 Å². The van der Waals surface area contributed by atoms with Crippen LogP contribution in [-0.4, -0.2) is 15.4 Å². The van der Waals surface area contributed by atoms with Gasteiger partial charge in [-0.25, -0.2) is 4.52 Å². The Balaban J connectivity index is 1.87. The number of furan rings is 1. The minimum Gasteiger partial charge on any atom is -0.453 e. The van der Waals surface area contributed by atoms with Crippen LogP contribution < -0.4 is 0 Å². The van der Waals surface area contributed by atoms with Crippen molar-refractivity contribution in [2.24, 2.45) is 0 Å². The van der Waals surface area contributed by atoms with E-state index in [4.69, 9.17) is 4.42 Å². The van der Waals surface area contributed by atoms with Crippen LogP contribution in [0.1, 0.15) is 16.1 Å². The van der Waals surface area contributed by atoms with Crippen LogP contribution in [-0.2, 0) is 0 Å². The van der Waals surface area contributed by atoms with Crippen LogP contribution >= 0.6 is 0 Å². The monoisotopic (exact) mass is 262 g/mol. The molecule has 0 atom stereocenters. The predicted molar refractivity (Wildman–Crippen MR) is 74.8 cm³/mol. The highest BCUT2D eigenvalue weighted by atomic mass is 16.3. The lowest BCUT2D eigenvalue weighted by Crippen LogP contribution is -1.98. The van der Waals surface area contributed by atoms with Crippen molar-refractivity contribution < 1.29 is 9.21 Å².